The van der Waals surface area contributed by atoms with E-state index in [2.05, 4.69) is 6.58 Å². The van der Waals surface area contributed by atoms with E-state index in [1.165, 1.54) is 16.2 Å². The first-order valence-electron chi connectivity index (χ1n) is 7.26. The molecule has 4 nitrogen and oxygen atoms in total. The summed E-state index contributed by atoms with van der Waals surface area (Å²) < 4.78 is 5.90. The van der Waals surface area contributed by atoms with Crippen molar-refractivity contribution in [1.29, 1.82) is 0 Å². The fourth-order valence-electron chi connectivity index (χ4n) is 2.38. The van der Waals surface area contributed by atoms with Gasteiger partial charge in [-0.05, 0) is 24.3 Å². The Morgan fingerprint density at radius 1 is 1.29 bits per heavy atom. The molecule has 24 heavy (non-hydrogen) atoms. The van der Waals surface area contributed by atoms with Gasteiger partial charge >= 0.3 is 5.63 Å². The third-order valence-corrected chi connectivity index (χ3v) is 4.70. The van der Waals surface area contributed by atoms with E-state index in [1.807, 2.05) is 12.1 Å². The number of amides is 1. The lowest BCUT2D eigenvalue weighted by molar-refractivity contribution is 0.0760. The molecule has 3 aromatic rings. The molecule has 0 saturated heterocycles. The molecule has 1 amide bonds. The largest absolute Gasteiger partial charge is 0.422 e. The molecule has 0 spiro atoms. The lowest BCUT2D eigenvalue weighted by atomic mass is 10.1. The number of thiophene rings is 1. The van der Waals surface area contributed by atoms with E-state index in [0.29, 0.717) is 28.4 Å². The predicted octanol–water partition coefficient (Wildman–Crippen LogP) is 4.34. The normalized spacial score (nSPS) is 10.7. The van der Waals surface area contributed by atoms with Crippen LogP contribution in [0.4, 0.5) is 0 Å². The van der Waals surface area contributed by atoms with Crippen molar-refractivity contribution in [2.45, 2.75) is 6.54 Å². The summed E-state index contributed by atoms with van der Waals surface area (Å²) in [6.07, 6.45) is 1.62. The van der Waals surface area contributed by atoms with Crippen LogP contribution in [0, 0.1) is 0 Å². The lowest BCUT2D eigenvalue weighted by Crippen LogP contribution is -2.33. The van der Waals surface area contributed by atoms with Crippen LogP contribution in [-0.4, -0.2) is 17.4 Å². The van der Waals surface area contributed by atoms with Crippen molar-refractivity contribution in [3.05, 3.63) is 80.3 Å². The van der Waals surface area contributed by atoms with Crippen molar-refractivity contribution in [3.8, 4) is 0 Å². The molecule has 0 fully saturated rings. The first kappa shape index (κ1) is 16.5. The van der Waals surface area contributed by atoms with Gasteiger partial charge in [0.05, 0.1) is 10.9 Å². The summed E-state index contributed by atoms with van der Waals surface area (Å²) in [6.45, 7) is 4.35. The van der Waals surface area contributed by atoms with Gasteiger partial charge in [0.15, 0.2) is 0 Å². The zero-order valence-electron chi connectivity index (χ0n) is 12.7. The van der Waals surface area contributed by atoms with Crippen molar-refractivity contribution in [3.63, 3.8) is 0 Å². The minimum atomic E-state index is -0.642. The Labute approximate surface area is 147 Å². The number of carbonyl (C=O) groups excluding carboxylic acids is 1. The zero-order valence-corrected chi connectivity index (χ0v) is 14.3. The summed E-state index contributed by atoms with van der Waals surface area (Å²) in [5.41, 5.74) is -0.172. The smallest absolute Gasteiger partial charge is 0.349 e. The topological polar surface area (TPSA) is 50.5 Å². The molecule has 0 saturated carbocycles. The number of carbonyl (C=O) groups is 1. The number of rotatable bonds is 5. The van der Waals surface area contributed by atoms with Gasteiger partial charge in [0.1, 0.15) is 11.1 Å². The van der Waals surface area contributed by atoms with Crippen molar-refractivity contribution in [2.75, 3.05) is 6.54 Å². The number of fused-ring (bicyclic) bond motifs is 1. The zero-order chi connectivity index (χ0) is 17.1. The number of halogens is 1. The van der Waals surface area contributed by atoms with Gasteiger partial charge in [-0.1, -0.05) is 35.9 Å². The monoisotopic (exact) mass is 359 g/mol. The van der Waals surface area contributed by atoms with Crippen LogP contribution >= 0.6 is 22.9 Å². The van der Waals surface area contributed by atoms with Crippen LogP contribution in [-0.2, 0) is 6.54 Å². The number of hydrogen-bond donors (Lipinski definition) is 0. The molecular formula is C18H14ClNO3S. The Morgan fingerprint density at radius 2 is 2.08 bits per heavy atom. The maximum absolute atomic E-state index is 12.8. The van der Waals surface area contributed by atoms with Crippen molar-refractivity contribution in [2.24, 2.45) is 0 Å². The molecule has 0 radical (unpaired) electrons. The van der Waals surface area contributed by atoms with Gasteiger partial charge in [0.2, 0.25) is 0 Å². The van der Waals surface area contributed by atoms with E-state index in [4.69, 9.17) is 16.0 Å². The molecule has 2 heterocycles. The number of hydrogen-bond acceptors (Lipinski definition) is 4. The molecule has 0 N–H and O–H groups in total. The van der Waals surface area contributed by atoms with Gasteiger partial charge < -0.3 is 9.32 Å². The highest BCUT2D eigenvalue weighted by molar-refractivity contribution is 7.16. The molecule has 0 unspecified atom stereocenters. The minimum absolute atomic E-state index is 0.0122. The van der Waals surface area contributed by atoms with Crippen LogP contribution in [0.3, 0.4) is 0 Å². The van der Waals surface area contributed by atoms with E-state index in [0.717, 1.165) is 4.88 Å². The van der Waals surface area contributed by atoms with E-state index in [-0.39, 0.29) is 11.5 Å². The summed E-state index contributed by atoms with van der Waals surface area (Å²) in [7, 11) is 0. The Bertz CT molecular complexity index is 960. The van der Waals surface area contributed by atoms with Gasteiger partial charge in [-0.15, -0.1) is 17.9 Å². The molecule has 6 heteroatoms. The number of para-hydroxylation sites is 1. The summed E-state index contributed by atoms with van der Waals surface area (Å²) in [6, 6.07) is 12.3. The molecule has 3 rings (SSSR count). The van der Waals surface area contributed by atoms with Gasteiger partial charge in [0, 0.05) is 16.8 Å². The first-order chi connectivity index (χ1) is 11.6. The number of benzene rings is 1. The Morgan fingerprint density at radius 3 is 2.79 bits per heavy atom. The van der Waals surface area contributed by atoms with E-state index in [9.17, 15) is 9.59 Å². The Hall–Kier alpha value is -2.37. The molecule has 0 atom stereocenters. The average Bonchev–Trinajstić information content (AvgIpc) is 2.98. The summed E-state index contributed by atoms with van der Waals surface area (Å²) in [5, 5.41) is 0.707. The molecule has 0 aliphatic carbocycles. The van der Waals surface area contributed by atoms with Crippen LogP contribution in [0.5, 0.6) is 0 Å². The molecule has 122 valence electrons. The van der Waals surface area contributed by atoms with Crippen molar-refractivity contribution in [1.82, 2.24) is 4.90 Å². The maximum Gasteiger partial charge on any atom is 0.349 e. The summed E-state index contributed by atoms with van der Waals surface area (Å²) in [4.78, 5) is 27.5. The standard InChI is InChI=1S/C18H14ClNO3S/c1-2-9-20(11-13-7-8-16(19)24-13)17(21)14-10-12-5-3-4-6-15(12)23-18(14)22/h2-8,10H,1,9,11H2. The van der Waals surface area contributed by atoms with E-state index < -0.39 is 5.63 Å². The molecule has 0 aliphatic heterocycles. The van der Waals surface area contributed by atoms with Crippen LogP contribution in [0.15, 0.2) is 64.3 Å². The van der Waals surface area contributed by atoms with Crippen LogP contribution in [0.25, 0.3) is 11.0 Å². The second-order valence-electron chi connectivity index (χ2n) is 5.17. The van der Waals surface area contributed by atoms with Crippen molar-refractivity contribution >= 4 is 39.8 Å². The maximum atomic E-state index is 12.8. The first-order valence-corrected chi connectivity index (χ1v) is 8.45. The lowest BCUT2D eigenvalue weighted by Gasteiger charge is -2.20. The highest BCUT2D eigenvalue weighted by Gasteiger charge is 2.20. The van der Waals surface area contributed by atoms with Gasteiger partial charge in [-0.2, -0.15) is 0 Å². The van der Waals surface area contributed by atoms with E-state index in [1.54, 1.807) is 36.4 Å². The predicted molar refractivity (Wildman–Crippen MR) is 96.8 cm³/mol. The third-order valence-electron chi connectivity index (χ3n) is 3.48. The minimum Gasteiger partial charge on any atom is -0.422 e. The molecule has 2 aromatic heterocycles. The van der Waals surface area contributed by atoms with Crippen LogP contribution in [0.1, 0.15) is 15.2 Å². The Kier molecular flexibility index (Phi) is 4.83. The second-order valence-corrected chi connectivity index (χ2v) is 6.97. The van der Waals surface area contributed by atoms with Gasteiger partial charge in [0.25, 0.3) is 5.91 Å². The van der Waals surface area contributed by atoms with Crippen LogP contribution in [0.2, 0.25) is 4.34 Å². The average molecular weight is 360 g/mol. The molecule has 0 aliphatic rings. The van der Waals surface area contributed by atoms with E-state index >= 15 is 0 Å². The Balaban J connectivity index is 1.96. The third kappa shape index (κ3) is 3.42. The SMILES string of the molecule is C=CCN(Cc1ccc(Cl)s1)C(=O)c1cc2ccccc2oc1=O. The fraction of sp³-hybridized carbons (Fsp3) is 0.111. The molecule has 0 bridgehead atoms. The van der Waals surface area contributed by atoms with Gasteiger partial charge in [-0.3, -0.25) is 4.79 Å². The molecule has 1 aromatic carbocycles. The fourth-order valence-corrected chi connectivity index (χ4v) is 3.48. The number of nitrogens with zero attached hydrogens (tertiary/aromatic N) is 1. The summed E-state index contributed by atoms with van der Waals surface area (Å²) >= 11 is 7.33. The van der Waals surface area contributed by atoms with Crippen LogP contribution < -0.4 is 5.63 Å². The quantitative estimate of drug-likeness (QED) is 0.503. The van der Waals surface area contributed by atoms with Gasteiger partial charge in [-0.25, -0.2) is 4.79 Å². The highest BCUT2D eigenvalue weighted by atomic mass is 35.5. The summed E-state index contributed by atoms with van der Waals surface area (Å²) in [5.74, 6) is -0.390. The second kappa shape index (κ2) is 7.03. The van der Waals surface area contributed by atoms with Crippen molar-refractivity contribution < 1.29 is 9.21 Å². The highest BCUT2D eigenvalue weighted by Crippen LogP contribution is 2.23. The molecular weight excluding hydrogens is 346 g/mol.